The Kier molecular flexibility index (Phi) is 6.54. The van der Waals surface area contributed by atoms with E-state index in [0.29, 0.717) is 28.6 Å². The summed E-state index contributed by atoms with van der Waals surface area (Å²) in [7, 11) is 0. The van der Waals surface area contributed by atoms with Crippen LogP contribution >= 0.6 is 23.2 Å². The maximum atomic E-state index is 13.2. The summed E-state index contributed by atoms with van der Waals surface area (Å²) in [6.45, 7) is 4.66. The molecule has 3 aliphatic rings. The Morgan fingerprint density at radius 1 is 1.11 bits per heavy atom. The Morgan fingerprint density at radius 2 is 1.83 bits per heavy atom. The van der Waals surface area contributed by atoms with Crippen LogP contribution in [0.3, 0.4) is 0 Å². The fourth-order valence-corrected chi connectivity index (χ4v) is 7.39. The number of halogens is 2. The molecular formula is C28H31Cl2N3O3. The molecule has 5 rings (SSSR count). The second-order valence-electron chi connectivity index (χ2n) is 10.7. The van der Waals surface area contributed by atoms with Gasteiger partial charge in [-0.25, -0.2) is 0 Å². The lowest BCUT2D eigenvalue weighted by atomic mass is 9.56. The van der Waals surface area contributed by atoms with E-state index in [4.69, 9.17) is 28.9 Å². The van der Waals surface area contributed by atoms with E-state index in [-0.39, 0.29) is 35.6 Å². The number of rotatable bonds is 4. The Balaban J connectivity index is 1.51. The smallest absolute Gasteiger partial charge is 0.254 e. The minimum absolute atomic E-state index is 0.0199. The van der Waals surface area contributed by atoms with Gasteiger partial charge in [-0.1, -0.05) is 48.3 Å². The monoisotopic (exact) mass is 527 g/mol. The van der Waals surface area contributed by atoms with Crippen LogP contribution in [0.5, 0.6) is 0 Å². The molecule has 36 heavy (non-hydrogen) atoms. The van der Waals surface area contributed by atoms with E-state index in [1.165, 1.54) is 0 Å². The summed E-state index contributed by atoms with van der Waals surface area (Å²) >= 11 is 13.1. The van der Waals surface area contributed by atoms with Crippen LogP contribution in [0.4, 0.5) is 0 Å². The fourth-order valence-electron chi connectivity index (χ4n) is 6.94. The Bertz CT molecular complexity index is 1220. The first kappa shape index (κ1) is 25.1. The molecule has 2 aromatic carbocycles. The van der Waals surface area contributed by atoms with Gasteiger partial charge in [-0.3, -0.25) is 14.4 Å². The van der Waals surface area contributed by atoms with Crippen LogP contribution in [0, 0.1) is 11.3 Å². The van der Waals surface area contributed by atoms with Crippen LogP contribution in [0.25, 0.3) is 0 Å². The average molecular weight is 528 g/mol. The maximum absolute atomic E-state index is 13.2. The third-order valence-corrected chi connectivity index (χ3v) is 9.27. The molecule has 6 nitrogen and oxygen atoms in total. The molecule has 0 aromatic heterocycles. The molecule has 2 aliphatic heterocycles. The number of nitrogens with two attached hydrogens (primary N) is 1. The number of hydrogen-bond donors (Lipinski definition) is 2. The van der Waals surface area contributed by atoms with Crippen molar-refractivity contribution in [1.82, 2.24) is 10.2 Å². The summed E-state index contributed by atoms with van der Waals surface area (Å²) in [5.74, 6) is -0.391. The van der Waals surface area contributed by atoms with Crippen LogP contribution in [0.2, 0.25) is 10.0 Å². The van der Waals surface area contributed by atoms with E-state index in [1.54, 1.807) is 17.0 Å². The van der Waals surface area contributed by atoms with E-state index in [9.17, 15) is 14.4 Å². The highest BCUT2D eigenvalue weighted by molar-refractivity contribution is 6.32. The van der Waals surface area contributed by atoms with Crippen LogP contribution in [-0.2, 0) is 9.59 Å². The number of likely N-dealkylation sites (tertiary alicyclic amines) is 1. The lowest BCUT2D eigenvalue weighted by molar-refractivity contribution is -0.129. The molecule has 3 fully saturated rings. The molecule has 0 spiro atoms. The highest BCUT2D eigenvalue weighted by Gasteiger charge is 2.57. The molecule has 2 saturated heterocycles. The van der Waals surface area contributed by atoms with Crippen LogP contribution in [0.1, 0.15) is 72.9 Å². The highest BCUT2D eigenvalue weighted by Crippen LogP contribution is 2.59. The molecule has 190 valence electrons. The van der Waals surface area contributed by atoms with Gasteiger partial charge in [-0.2, -0.15) is 0 Å². The van der Waals surface area contributed by atoms with Crippen molar-refractivity contribution in [3.05, 3.63) is 69.2 Å². The summed E-state index contributed by atoms with van der Waals surface area (Å²) < 4.78 is 0. The molecule has 3 N–H and O–H groups in total. The molecule has 6 atom stereocenters. The van der Waals surface area contributed by atoms with Gasteiger partial charge >= 0.3 is 0 Å². The fraction of sp³-hybridized carbons (Fsp3) is 0.464. The molecule has 2 heterocycles. The molecule has 8 heteroatoms. The normalized spacial score (nSPS) is 31.7. The first-order valence-electron chi connectivity index (χ1n) is 12.6. The van der Waals surface area contributed by atoms with Crippen molar-refractivity contribution in [2.75, 3.05) is 6.54 Å². The van der Waals surface area contributed by atoms with Crippen LogP contribution in [0.15, 0.2) is 42.5 Å². The topological polar surface area (TPSA) is 92.5 Å². The standard InChI is InChI=1S/C28H31Cl2N3O3/c1-15-24-23(16-5-8-18(29)9-6-16)20(11-12-28(24,2)27(36)32-15)19-10-7-17(14-21(19)30)26(35)33-13-3-4-22(33)25(31)34/h5-10,14-15,20,22-24H,3-4,11-13H2,1-2H3,(H2,31,34)(H,32,36)/t15-,20+,22+,23+,24+,28-/m1/s1. The van der Waals surface area contributed by atoms with Crippen molar-refractivity contribution in [3.8, 4) is 0 Å². The van der Waals surface area contributed by atoms with Crippen molar-refractivity contribution in [2.24, 2.45) is 17.1 Å². The number of fused-ring (bicyclic) bond motifs is 1. The third-order valence-electron chi connectivity index (χ3n) is 8.69. The van der Waals surface area contributed by atoms with Gasteiger partial charge in [0.15, 0.2) is 0 Å². The van der Waals surface area contributed by atoms with E-state index < -0.39 is 17.4 Å². The third kappa shape index (κ3) is 4.08. The predicted molar refractivity (Wildman–Crippen MR) is 140 cm³/mol. The van der Waals surface area contributed by atoms with E-state index in [2.05, 4.69) is 19.2 Å². The van der Waals surface area contributed by atoms with Gasteiger partial charge in [0.05, 0.1) is 5.41 Å². The van der Waals surface area contributed by atoms with Gasteiger partial charge in [-0.05, 0) is 79.8 Å². The Labute approximate surface area is 221 Å². The number of carbonyl (C=O) groups is 3. The van der Waals surface area contributed by atoms with Crippen LogP contribution < -0.4 is 11.1 Å². The molecule has 0 bridgehead atoms. The van der Waals surface area contributed by atoms with Crippen molar-refractivity contribution >= 4 is 40.9 Å². The minimum Gasteiger partial charge on any atom is -0.368 e. The summed E-state index contributed by atoms with van der Waals surface area (Å²) in [4.78, 5) is 39.5. The highest BCUT2D eigenvalue weighted by atomic mass is 35.5. The molecule has 1 aliphatic carbocycles. The van der Waals surface area contributed by atoms with E-state index in [1.807, 2.05) is 30.3 Å². The van der Waals surface area contributed by atoms with Crippen molar-refractivity contribution < 1.29 is 14.4 Å². The number of carbonyl (C=O) groups excluding carboxylic acids is 3. The first-order chi connectivity index (χ1) is 17.1. The van der Waals surface area contributed by atoms with Gasteiger partial charge in [0.25, 0.3) is 5.91 Å². The van der Waals surface area contributed by atoms with E-state index >= 15 is 0 Å². The lowest BCUT2D eigenvalue weighted by Crippen LogP contribution is -2.43. The summed E-state index contributed by atoms with van der Waals surface area (Å²) in [5.41, 5.74) is 7.60. The molecule has 0 radical (unpaired) electrons. The maximum Gasteiger partial charge on any atom is 0.254 e. The Hall–Kier alpha value is -2.57. The van der Waals surface area contributed by atoms with Crippen molar-refractivity contribution in [2.45, 2.75) is 63.5 Å². The zero-order chi connectivity index (χ0) is 25.8. The average Bonchev–Trinajstić information content (AvgIpc) is 3.42. The van der Waals surface area contributed by atoms with Gasteiger partial charge in [0.1, 0.15) is 6.04 Å². The van der Waals surface area contributed by atoms with Gasteiger partial charge < -0.3 is 16.0 Å². The lowest BCUT2D eigenvalue weighted by Gasteiger charge is -2.46. The largest absolute Gasteiger partial charge is 0.368 e. The summed E-state index contributed by atoms with van der Waals surface area (Å²) in [6.07, 6.45) is 2.89. The van der Waals surface area contributed by atoms with Crippen molar-refractivity contribution in [1.29, 1.82) is 0 Å². The Morgan fingerprint density at radius 3 is 2.50 bits per heavy atom. The SMILES string of the molecule is C[C@H]1NC(=O)[C@]2(C)CC[C@@H](c3ccc(C(=O)N4CCC[C@H]4C(N)=O)cc3Cl)[C@H](c3ccc(Cl)cc3)[C@H]12. The number of nitrogens with one attached hydrogen (secondary N) is 1. The summed E-state index contributed by atoms with van der Waals surface area (Å²) in [5, 5.41) is 4.37. The van der Waals surface area contributed by atoms with Crippen LogP contribution in [-0.4, -0.2) is 41.2 Å². The quantitative estimate of drug-likeness (QED) is 0.592. The molecule has 3 amide bonds. The molecule has 1 saturated carbocycles. The number of hydrogen-bond acceptors (Lipinski definition) is 3. The van der Waals surface area contributed by atoms with Gasteiger partial charge in [0.2, 0.25) is 11.8 Å². The molecule has 2 aromatic rings. The van der Waals surface area contributed by atoms with E-state index in [0.717, 1.165) is 30.4 Å². The molecule has 0 unspecified atom stereocenters. The second-order valence-corrected chi connectivity index (χ2v) is 11.6. The zero-order valence-corrected chi connectivity index (χ0v) is 22.0. The predicted octanol–water partition coefficient (Wildman–Crippen LogP) is 4.89. The number of nitrogens with zero attached hydrogens (tertiary/aromatic N) is 1. The minimum atomic E-state index is -0.574. The number of amides is 3. The number of primary amides is 1. The number of benzene rings is 2. The summed E-state index contributed by atoms with van der Waals surface area (Å²) in [6, 6.07) is 12.8. The second kappa shape index (κ2) is 9.38. The first-order valence-corrected chi connectivity index (χ1v) is 13.3. The molecular weight excluding hydrogens is 497 g/mol. The van der Waals surface area contributed by atoms with Gasteiger partial charge in [-0.15, -0.1) is 0 Å². The zero-order valence-electron chi connectivity index (χ0n) is 20.5. The van der Waals surface area contributed by atoms with Gasteiger partial charge in [0, 0.05) is 34.1 Å². The van der Waals surface area contributed by atoms with Crippen molar-refractivity contribution in [3.63, 3.8) is 0 Å².